The smallest absolute Gasteiger partial charge is 0.333 e. The van der Waals surface area contributed by atoms with Crippen LogP contribution >= 0.6 is 0 Å². The first-order valence-corrected chi connectivity index (χ1v) is 8.62. The predicted molar refractivity (Wildman–Crippen MR) is 100 cm³/mol. The van der Waals surface area contributed by atoms with Gasteiger partial charge in [0.15, 0.2) is 0 Å². The first-order valence-electron chi connectivity index (χ1n) is 8.62. The number of carbonyl (C=O) groups excluding carboxylic acids is 1. The zero-order valence-electron chi connectivity index (χ0n) is 14.9. The Kier molecular flexibility index (Phi) is 13.9. The highest BCUT2D eigenvalue weighted by molar-refractivity contribution is 5.86. The van der Waals surface area contributed by atoms with Crippen molar-refractivity contribution in [1.29, 1.82) is 0 Å². The fourth-order valence-electron chi connectivity index (χ4n) is 1.94. The van der Waals surface area contributed by atoms with Gasteiger partial charge in [0.05, 0.1) is 6.61 Å². The molecule has 0 aliphatic carbocycles. The van der Waals surface area contributed by atoms with Crippen LogP contribution in [0.1, 0.15) is 64.4 Å². The minimum atomic E-state index is -0.263. The molecular formula is C21H32O2. The third kappa shape index (κ3) is 13.5. The van der Waals surface area contributed by atoms with Crippen LogP contribution in [-0.2, 0) is 9.53 Å². The van der Waals surface area contributed by atoms with E-state index in [9.17, 15) is 4.79 Å². The Labute approximate surface area is 142 Å². The Balaban J connectivity index is 0.000000502. The van der Waals surface area contributed by atoms with Crippen LogP contribution in [0.5, 0.6) is 0 Å². The molecule has 0 fully saturated rings. The average Bonchev–Trinajstić information content (AvgIpc) is 2.58. The van der Waals surface area contributed by atoms with Crippen LogP contribution in [0.25, 0.3) is 6.08 Å². The zero-order valence-corrected chi connectivity index (χ0v) is 14.9. The molecule has 0 aliphatic rings. The topological polar surface area (TPSA) is 26.3 Å². The molecule has 2 heteroatoms. The van der Waals surface area contributed by atoms with Crippen molar-refractivity contribution < 1.29 is 9.53 Å². The second kappa shape index (κ2) is 15.1. The fraction of sp³-hybridized carbons (Fsp3) is 0.476. The van der Waals surface area contributed by atoms with Crippen molar-refractivity contribution in [2.24, 2.45) is 0 Å². The molecule has 0 aliphatic heterocycles. The van der Waals surface area contributed by atoms with Crippen LogP contribution < -0.4 is 0 Å². The Morgan fingerprint density at radius 1 is 1.04 bits per heavy atom. The summed E-state index contributed by atoms with van der Waals surface area (Å²) in [6, 6.07) is 10.0. The van der Waals surface area contributed by atoms with E-state index in [1.54, 1.807) is 6.92 Å². The SMILES string of the molecule is C=C(C)C(=O)OCCCCCCCCC.C=Cc1ccccc1. The van der Waals surface area contributed by atoms with E-state index in [4.69, 9.17) is 4.74 Å². The molecule has 0 bridgehead atoms. The summed E-state index contributed by atoms with van der Waals surface area (Å²) < 4.78 is 4.99. The van der Waals surface area contributed by atoms with E-state index in [2.05, 4.69) is 20.1 Å². The van der Waals surface area contributed by atoms with Gasteiger partial charge in [-0.1, -0.05) is 95.0 Å². The molecule has 0 saturated carbocycles. The van der Waals surface area contributed by atoms with Gasteiger partial charge in [-0.05, 0) is 18.9 Å². The summed E-state index contributed by atoms with van der Waals surface area (Å²) in [5.74, 6) is -0.263. The molecule has 0 amide bonds. The summed E-state index contributed by atoms with van der Waals surface area (Å²) in [5.41, 5.74) is 1.66. The van der Waals surface area contributed by atoms with Crippen LogP contribution in [0.2, 0.25) is 0 Å². The van der Waals surface area contributed by atoms with Crippen LogP contribution in [-0.4, -0.2) is 12.6 Å². The average molecular weight is 316 g/mol. The van der Waals surface area contributed by atoms with E-state index in [-0.39, 0.29) is 5.97 Å². The summed E-state index contributed by atoms with van der Waals surface area (Å²) in [6.07, 6.45) is 10.5. The van der Waals surface area contributed by atoms with E-state index in [1.807, 2.05) is 36.4 Å². The molecule has 1 aromatic carbocycles. The van der Waals surface area contributed by atoms with Gasteiger partial charge in [-0.25, -0.2) is 4.79 Å². The molecular weight excluding hydrogens is 284 g/mol. The Morgan fingerprint density at radius 3 is 2.09 bits per heavy atom. The van der Waals surface area contributed by atoms with Crippen molar-refractivity contribution in [2.45, 2.75) is 58.8 Å². The van der Waals surface area contributed by atoms with E-state index in [0.29, 0.717) is 12.2 Å². The number of benzene rings is 1. The summed E-state index contributed by atoms with van der Waals surface area (Å²) in [4.78, 5) is 11.0. The summed E-state index contributed by atoms with van der Waals surface area (Å²) in [5, 5.41) is 0. The van der Waals surface area contributed by atoms with E-state index >= 15 is 0 Å². The molecule has 0 radical (unpaired) electrons. The van der Waals surface area contributed by atoms with Gasteiger partial charge in [0.2, 0.25) is 0 Å². The highest BCUT2D eigenvalue weighted by Gasteiger charge is 2.01. The quantitative estimate of drug-likeness (QED) is 0.292. The number of rotatable bonds is 10. The van der Waals surface area contributed by atoms with Gasteiger partial charge in [-0.3, -0.25) is 0 Å². The monoisotopic (exact) mass is 316 g/mol. The molecule has 0 aromatic heterocycles. The second-order valence-electron chi connectivity index (χ2n) is 5.65. The normalized spacial score (nSPS) is 9.48. The first-order chi connectivity index (χ1) is 11.1. The Hall–Kier alpha value is -1.83. The summed E-state index contributed by atoms with van der Waals surface area (Å²) in [7, 11) is 0. The second-order valence-corrected chi connectivity index (χ2v) is 5.65. The largest absolute Gasteiger partial charge is 0.462 e. The van der Waals surface area contributed by atoms with Gasteiger partial charge < -0.3 is 4.74 Å². The maximum Gasteiger partial charge on any atom is 0.333 e. The molecule has 1 aromatic rings. The third-order valence-corrected chi connectivity index (χ3v) is 3.36. The van der Waals surface area contributed by atoms with Gasteiger partial charge in [-0.2, -0.15) is 0 Å². The lowest BCUT2D eigenvalue weighted by atomic mass is 10.1. The molecule has 2 nitrogen and oxygen atoms in total. The molecule has 128 valence electrons. The predicted octanol–water partition coefficient (Wildman–Crippen LogP) is 6.19. The van der Waals surface area contributed by atoms with Crippen molar-refractivity contribution in [3.63, 3.8) is 0 Å². The van der Waals surface area contributed by atoms with Crippen LogP contribution in [0.4, 0.5) is 0 Å². The molecule has 0 saturated heterocycles. The van der Waals surface area contributed by atoms with Crippen molar-refractivity contribution in [3.05, 3.63) is 54.6 Å². The molecule has 0 heterocycles. The summed E-state index contributed by atoms with van der Waals surface area (Å²) in [6.45, 7) is 11.6. The Bertz CT molecular complexity index is 434. The number of hydrogen-bond acceptors (Lipinski definition) is 2. The number of carbonyl (C=O) groups is 1. The van der Waals surface area contributed by atoms with Crippen molar-refractivity contribution in [3.8, 4) is 0 Å². The highest BCUT2D eigenvalue weighted by atomic mass is 16.5. The summed E-state index contributed by atoms with van der Waals surface area (Å²) >= 11 is 0. The lowest BCUT2D eigenvalue weighted by Crippen LogP contribution is -2.05. The standard InChI is InChI=1S/C13H24O2.C8H8/c1-4-5-6-7-8-9-10-11-15-13(14)12(2)3;1-2-8-6-4-3-5-7-8/h2,4-11H2,1,3H3;2-7H,1H2. The van der Waals surface area contributed by atoms with Gasteiger partial charge in [0, 0.05) is 5.57 Å². The zero-order chi connectivity index (χ0) is 17.3. The van der Waals surface area contributed by atoms with E-state index in [0.717, 1.165) is 12.8 Å². The minimum absolute atomic E-state index is 0.263. The van der Waals surface area contributed by atoms with Gasteiger partial charge in [0.1, 0.15) is 0 Å². The van der Waals surface area contributed by atoms with Crippen molar-refractivity contribution >= 4 is 12.0 Å². The van der Waals surface area contributed by atoms with Crippen LogP contribution in [0.3, 0.4) is 0 Å². The number of hydrogen-bond donors (Lipinski definition) is 0. The first kappa shape index (κ1) is 21.2. The maximum atomic E-state index is 11.0. The molecule has 0 atom stereocenters. The Morgan fingerprint density at radius 2 is 1.61 bits per heavy atom. The van der Waals surface area contributed by atoms with Gasteiger partial charge in [-0.15, -0.1) is 0 Å². The number of unbranched alkanes of at least 4 members (excludes halogenated alkanes) is 6. The highest BCUT2D eigenvalue weighted by Crippen LogP contribution is 2.07. The maximum absolute atomic E-state index is 11.0. The molecule has 0 unspecified atom stereocenters. The van der Waals surface area contributed by atoms with Crippen LogP contribution in [0.15, 0.2) is 49.1 Å². The van der Waals surface area contributed by atoms with E-state index in [1.165, 1.54) is 37.7 Å². The van der Waals surface area contributed by atoms with Gasteiger partial charge in [0.25, 0.3) is 0 Å². The van der Waals surface area contributed by atoms with E-state index < -0.39 is 0 Å². The minimum Gasteiger partial charge on any atom is -0.462 e. The number of ether oxygens (including phenoxy) is 1. The van der Waals surface area contributed by atoms with Crippen molar-refractivity contribution in [1.82, 2.24) is 0 Å². The molecule has 1 rings (SSSR count). The lowest BCUT2D eigenvalue weighted by Gasteiger charge is -2.04. The third-order valence-electron chi connectivity index (χ3n) is 3.36. The molecule has 23 heavy (non-hydrogen) atoms. The fourth-order valence-corrected chi connectivity index (χ4v) is 1.94. The molecule has 0 spiro atoms. The number of esters is 1. The lowest BCUT2D eigenvalue weighted by molar-refractivity contribution is -0.139. The molecule has 0 N–H and O–H groups in total. The van der Waals surface area contributed by atoms with Crippen LogP contribution in [0, 0.1) is 0 Å². The van der Waals surface area contributed by atoms with Gasteiger partial charge >= 0.3 is 5.97 Å². The van der Waals surface area contributed by atoms with Crippen molar-refractivity contribution in [2.75, 3.05) is 6.61 Å².